The lowest BCUT2D eigenvalue weighted by atomic mass is 10.2. The zero-order valence-corrected chi connectivity index (χ0v) is 19.1. The van der Waals surface area contributed by atoms with E-state index in [-0.39, 0.29) is 12.0 Å². The lowest BCUT2D eigenvalue weighted by Crippen LogP contribution is -2.33. The van der Waals surface area contributed by atoms with Gasteiger partial charge in [-0.05, 0) is 12.5 Å². The van der Waals surface area contributed by atoms with Gasteiger partial charge >= 0.3 is 29.2 Å². The minimum Gasteiger partial charge on any atom is -0.369 e. The van der Waals surface area contributed by atoms with E-state index >= 15 is 0 Å². The molecule has 2 unspecified atom stereocenters. The van der Waals surface area contributed by atoms with Gasteiger partial charge in [-0.25, -0.2) is 18.5 Å². The van der Waals surface area contributed by atoms with Crippen molar-refractivity contribution in [2.24, 2.45) is 5.11 Å². The Morgan fingerprint density at radius 2 is 1.91 bits per heavy atom. The molecule has 0 aromatic carbocycles. The van der Waals surface area contributed by atoms with Crippen molar-refractivity contribution < 1.29 is 55.9 Å². The first-order valence-corrected chi connectivity index (χ1v) is 13.0. The number of hydrogen-bond donors (Lipinski definition) is 5. The van der Waals surface area contributed by atoms with Crippen LogP contribution in [0.1, 0.15) is 18.2 Å². The lowest BCUT2D eigenvalue weighted by Gasteiger charge is -2.21. The van der Waals surface area contributed by atoms with E-state index in [1.54, 1.807) is 0 Å². The van der Waals surface area contributed by atoms with E-state index in [2.05, 4.69) is 28.2 Å². The van der Waals surface area contributed by atoms with Crippen molar-refractivity contribution in [2.45, 2.75) is 31.8 Å². The molecule has 22 heteroatoms. The van der Waals surface area contributed by atoms with Gasteiger partial charge in [0.05, 0.1) is 12.7 Å². The number of nitrogens with one attached hydrogen (secondary N) is 1. The normalized spacial score (nSPS) is 24.6. The highest BCUT2D eigenvalue weighted by Gasteiger charge is 2.43. The van der Waals surface area contributed by atoms with Crippen molar-refractivity contribution in [3.05, 3.63) is 43.0 Å². The first kappa shape index (κ1) is 27.6. The predicted molar refractivity (Wildman–Crippen MR) is 103 cm³/mol. The molecular formula is C11H18N5O14P3. The van der Waals surface area contributed by atoms with Gasteiger partial charge in [-0.2, -0.15) is 8.62 Å². The number of phosphoric ester groups is 1. The molecule has 1 aliphatic heterocycles. The molecule has 19 nitrogen and oxygen atoms in total. The van der Waals surface area contributed by atoms with Gasteiger partial charge in [-0.3, -0.25) is 18.9 Å². The molecule has 1 fully saturated rings. The van der Waals surface area contributed by atoms with Crippen molar-refractivity contribution in [3.63, 3.8) is 0 Å². The molecule has 1 saturated heterocycles. The molecule has 1 aromatic heterocycles. The van der Waals surface area contributed by atoms with Crippen LogP contribution in [0, 0.1) is 6.92 Å². The van der Waals surface area contributed by atoms with E-state index in [4.69, 9.17) is 24.8 Å². The minimum atomic E-state index is -5.72. The third kappa shape index (κ3) is 8.55. The second kappa shape index (κ2) is 10.7. The van der Waals surface area contributed by atoms with Gasteiger partial charge in [-0.15, -0.1) is 0 Å². The summed E-state index contributed by atoms with van der Waals surface area (Å²) >= 11 is 0. The fraction of sp³-hybridized carbons (Fsp3) is 0.636. The number of hydrogen-bond acceptors (Lipinski definition) is 11. The highest BCUT2D eigenvalue weighted by atomic mass is 31.3. The molecule has 0 saturated carbocycles. The van der Waals surface area contributed by atoms with Gasteiger partial charge in [0.2, 0.25) is 0 Å². The van der Waals surface area contributed by atoms with Gasteiger partial charge < -0.3 is 29.0 Å². The summed E-state index contributed by atoms with van der Waals surface area (Å²) in [5.74, 6) is 0. The number of phosphoric acid groups is 3. The molecule has 5 N–H and O–H groups in total. The zero-order valence-electron chi connectivity index (χ0n) is 16.4. The summed E-state index contributed by atoms with van der Waals surface area (Å²) in [6.45, 7) is 0.0624. The summed E-state index contributed by atoms with van der Waals surface area (Å²) in [6, 6.07) is 0. The van der Waals surface area contributed by atoms with Gasteiger partial charge in [0.25, 0.3) is 5.56 Å². The Balaban J connectivity index is 2.16. The van der Waals surface area contributed by atoms with E-state index in [0.29, 0.717) is 0 Å². The standard InChI is InChI=1S/C11H18N5O14P3/c1-6-3-16(11(18)14-10(6)17)9-2-7(26-5-13-15-12)8(28-9)4-27-32(22,23)30-33(24,25)29-31(19,20)21/h3,7-9H,2,4-5H2,1H3,(H,22,23)(H,24,25)(H,14,17,18)(H2,19,20,21)/t7-,8+,9+/m0/s1. The Kier molecular flexibility index (Phi) is 8.95. The molecule has 0 aliphatic carbocycles. The molecule has 0 radical (unpaired) electrons. The number of aromatic amines is 1. The van der Waals surface area contributed by atoms with E-state index in [1.807, 2.05) is 0 Å². The molecule has 0 bridgehead atoms. The number of rotatable bonds is 11. The Morgan fingerprint density at radius 1 is 1.24 bits per heavy atom. The SMILES string of the molecule is Cc1cn([C@H]2C[C@H](OCN=[N+]=[N-])[C@@H](COP(=O)(O)OP(=O)(O)OP(=O)(O)O)O2)c(=O)[nH]c1=O. The lowest BCUT2D eigenvalue weighted by molar-refractivity contribution is -0.0601. The van der Waals surface area contributed by atoms with Gasteiger partial charge in [0, 0.05) is 23.1 Å². The highest BCUT2D eigenvalue weighted by molar-refractivity contribution is 7.66. The van der Waals surface area contributed by atoms with Gasteiger partial charge in [0.1, 0.15) is 19.1 Å². The summed E-state index contributed by atoms with van der Waals surface area (Å²) in [5, 5.41) is 3.16. The summed E-state index contributed by atoms with van der Waals surface area (Å²) in [4.78, 5) is 64.0. The average Bonchev–Trinajstić information content (AvgIpc) is 3.03. The van der Waals surface area contributed by atoms with Crippen LogP contribution in [0.5, 0.6) is 0 Å². The number of ether oxygens (including phenoxy) is 2. The summed E-state index contributed by atoms with van der Waals surface area (Å²) in [7, 11) is -16.7. The third-order valence-electron chi connectivity index (χ3n) is 3.86. The Morgan fingerprint density at radius 3 is 2.52 bits per heavy atom. The van der Waals surface area contributed by atoms with Crippen LogP contribution < -0.4 is 11.2 Å². The van der Waals surface area contributed by atoms with Crippen LogP contribution in [0.3, 0.4) is 0 Å². The maximum Gasteiger partial charge on any atom is 0.490 e. The fourth-order valence-electron chi connectivity index (χ4n) is 2.62. The second-order valence-corrected chi connectivity index (χ2v) is 10.7. The Hall–Kier alpha value is -1.68. The topological polar surface area (TPSA) is 282 Å². The first-order valence-electron chi connectivity index (χ1n) is 8.51. The number of aryl methyl sites for hydroxylation is 1. The van der Waals surface area contributed by atoms with Gasteiger partial charge in [-0.1, -0.05) is 5.11 Å². The molecule has 2 rings (SSSR count). The number of aromatic nitrogens is 2. The van der Waals surface area contributed by atoms with E-state index < -0.39 is 66.5 Å². The van der Waals surface area contributed by atoms with Crippen LogP contribution >= 0.6 is 23.5 Å². The van der Waals surface area contributed by atoms with Crippen molar-refractivity contribution in [1.29, 1.82) is 0 Å². The molecule has 0 spiro atoms. The maximum atomic E-state index is 12.1. The number of azide groups is 1. The van der Waals surface area contributed by atoms with Crippen molar-refractivity contribution in [1.82, 2.24) is 9.55 Å². The molecule has 1 aliphatic rings. The fourth-order valence-corrected chi connectivity index (χ4v) is 5.65. The van der Waals surface area contributed by atoms with Crippen molar-refractivity contribution in [3.8, 4) is 0 Å². The summed E-state index contributed by atoms with van der Waals surface area (Å²) < 4.78 is 57.6. The first-order chi connectivity index (χ1) is 15.1. The predicted octanol–water partition coefficient (Wildman–Crippen LogP) is 0.129. The van der Waals surface area contributed by atoms with Crippen LogP contribution in [0.15, 0.2) is 20.9 Å². The minimum absolute atomic E-state index is 0.0865. The van der Waals surface area contributed by atoms with E-state index in [0.717, 1.165) is 4.57 Å². The highest BCUT2D eigenvalue weighted by Crippen LogP contribution is 2.66. The smallest absolute Gasteiger partial charge is 0.369 e. The molecular weight excluding hydrogens is 519 g/mol. The number of H-pyrrole nitrogens is 1. The van der Waals surface area contributed by atoms with E-state index in [1.165, 1.54) is 13.1 Å². The van der Waals surface area contributed by atoms with Crippen LogP contribution in [0.25, 0.3) is 10.4 Å². The van der Waals surface area contributed by atoms with Crippen molar-refractivity contribution in [2.75, 3.05) is 13.3 Å². The maximum absolute atomic E-state index is 12.1. The molecule has 186 valence electrons. The monoisotopic (exact) mass is 537 g/mol. The van der Waals surface area contributed by atoms with Crippen molar-refractivity contribution >= 4 is 23.5 Å². The van der Waals surface area contributed by atoms with Crippen LogP contribution in [-0.2, 0) is 36.3 Å². The van der Waals surface area contributed by atoms with Crippen LogP contribution in [-0.4, -0.2) is 54.7 Å². The zero-order chi connectivity index (χ0) is 25.0. The molecule has 0 amide bonds. The van der Waals surface area contributed by atoms with E-state index in [9.17, 15) is 33.1 Å². The third-order valence-corrected chi connectivity index (χ3v) is 7.67. The summed E-state index contributed by atoms with van der Waals surface area (Å²) in [6.07, 6.45) is -2.21. The number of nitrogens with zero attached hydrogens (tertiary/aromatic N) is 4. The Labute approximate surface area is 182 Å². The largest absolute Gasteiger partial charge is 0.490 e. The molecule has 1 aromatic rings. The average molecular weight is 537 g/mol. The quantitative estimate of drug-likeness (QED) is 0.109. The second-order valence-electron chi connectivity index (χ2n) is 6.30. The van der Waals surface area contributed by atoms with Gasteiger partial charge in [0.15, 0.2) is 0 Å². The molecule has 5 atom stereocenters. The summed E-state index contributed by atoms with van der Waals surface area (Å²) in [5.41, 5.74) is 7.07. The van der Waals surface area contributed by atoms with Crippen LogP contribution in [0.4, 0.5) is 0 Å². The van der Waals surface area contributed by atoms with Crippen LogP contribution in [0.2, 0.25) is 0 Å². The molecule has 33 heavy (non-hydrogen) atoms. The Bertz CT molecular complexity index is 1170. The molecule has 2 heterocycles.